The van der Waals surface area contributed by atoms with Crippen LogP contribution in [0.3, 0.4) is 0 Å². The molecule has 1 atom stereocenters. The van der Waals surface area contributed by atoms with E-state index in [1.807, 2.05) is 0 Å². The summed E-state index contributed by atoms with van der Waals surface area (Å²) in [6, 6.07) is 0. The van der Waals surface area contributed by atoms with Crippen LogP contribution in [0.5, 0.6) is 0 Å². The highest BCUT2D eigenvalue weighted by atomic mass is 14.7. The number of allylic oxidation sites excluding steroid dienone is 2. The van der Waals surface area contributed by atoms with E-state index in [1.165, 1.54) is 24.8 Å². The van der Waals surface area contributed by atoms with Gasteiger partial charge in [0.1, 0.15) is 0 Å². The molecule has 1 rings (SSSR count). The second-order valence-electron chi connectivity index (χ2n) is 4.34. The number of rotatable bonds is 1. The van der Waals surface area contributed by atoms with Crippen molar-refractivity contribution >= 4 is 0 Å². The molecule has 0 fully saturated rings. The lowest BCUT2D eigenvalue weighted by molar-refractivity contribution is 0.294. The molecule has 0 heterocycles. The Kier molecular flexibility index (Phi) is 2.38. The number of nitrogens with two attached hydrogens (primary N) is 1. The topological polar surface area (TPSA) is 26.0 Å². The summed E-state index contributed by atoms with van der Waals surface area (Å²) in [4.78, 5) is 0. The molecule has 0 amide bonds. The molecular formula is C10H19N. The van der Waals surface area contributed by atoms with Crippen LogP contribution in [0.15, 0.2) is 11.6 Å². The van der Waals surface area contributed by atoms with Crippen LogP contribution in [0.2, 0.25) is 0 Å². The van der Waals surface area contributed by atoms with Gasteiger partial charge in [-0.25, -0.2) is 0 Å². The molecule has 1 heteroatoms. The van der Waals surface area contributed by atoms with Gasteiger partial charge in [0.15, 0.2) is 0 Å². The summed E-state index contributed by atoms with van der Waals surface area (Å²) in [5.41, 5.74) is 7.57. The smallest absolute Gasteiger partial charge is 0.0128 e. The zero-order chi connectivity index (χ0) is 8.48. The minimum atomic E-state index is 0.0111. The Bertz CT molecular complexity index is 162. The molecule has 0 aromatic rings. The molecule has 11 heavy (non-hydrogen) atoms. The minimum Gasteiger partial charge on any atom is -0.325 e. The standard InChI is InChI=1S/C10H19N/c1-8-4-6-9(7-5-8)10(2,3)11/h4,9H,5-7,11H2,1-3H3. The van der Waals surface area contributed by atoms with Crippen LogP contribution in [0.4, 0.5) is 0 Å². The summed E-state index contributed by atoms with van der Waals surface area (Å²) in [6.07, 6.45) is 6.02. The van der Waals surface area contributed by atoms with Crippen LogP contribution in [0.1, 0.15) is 40.0 Å². The predicted octanol–water partition coefficient (Wildman–Crippen LogP) is 2.47. The Morgan fingerprint density at radius 1 is 1.55 bits per heavy atom. The molecule has 0 radical (unpaired) electrons. The van der Waals surface area contributed by atoms with Gasteiger partial charge in [-0.2, -0.15) is 0 Å². The molecule has 1 nitrogen and oxygen atoms in total. The molecular weight excluding hydrogens is 134 g/mol. The van der Waals surface area contributed by atoms with Gasteiger partial charge in [-0.3, -0.25) is 0 Å². The van der Waals surface area contributed by atoms with Crippen LogP contribution in [-0.2, 0) is 0 Å². The summed E-state index contributed by atoms with van der Waals surface area (Å²) < 4.78 is 0. The maximum Gasteiger partial charge on any atom is 0.0128 e. The first-order valence-corrected chi connectivity index (χ1v) is 4.44. The van der Waals surface area contributed by atoms with E-state index in [1.54, 1.807) is 0 Å². The van der Waals surface area contributed by atoms with Crippen LogP contribution in [-0.4, -0.2) is 5.54 Å². The van der Waals surface area contributed by atoms with E-state index in [0.29, 0.717) is 5.92 Å². The monoisotopic (exact) mass is 153 g/mol. The highest BCUT2D eigenvalue weighted by Crippen LogP contribution is 2.29. The van der Waals surface area contributed by atoms with Crippen LogP contribution >= 0.6 is 0 Å². The largest absolute Gasteiger partial charge is 0.325 e. The van der Waals surface area contributed by atoms with Gasteiger partial charge < -0.3 is 5.73 Å². The Balaban J connectivity index is 2.54. The summed E-state index contributed by atoms with van der Waals surface area (Å²) in [7, 11) is 0. The zero-order valence-corrected chi connectivity index (χ0v) is 7.85. The van der Waals surface area contributed by atoms with Crippen molar-refractivity contribution in [2.75, 3.05) is 0 Å². The van der Waals surface area contributed by atoms with Crippen LogP contribution in [0, 0.1) is 5.92 Å². The van der Waals surface area contributed by atoms with Gasteiger partial charge in [0.05, 0.1) is 0 Å². The Hall–Kier alpha value is -0.300. The molecule has 0 saturated heterocycles. The third-order valence-electron chi connectivity index (χ3n) is 2.69. The van der Waals surface area contributed by atoms with Crippen molar-refractivity contribution < 1.29 is 0 Å². The molecule has 2 N–H and O–H groups in total. The van der Waals surface area contributed by atoms with E-state index in [4.69, 9.17) is 5.73 Å². The van der Waals surface area contributed by atoms with Gasteiger partial charge >= 0.3 is 0 Å². The first kappa shape index (κ1) is 8.79. The fourth-order valence-corrected chi connectivity index (χ4v) is 1.64. The van der Waals surface area contributed by atoms with Crippen molar-refractivity contribution in [3.05, 3.63) is 11.6 Å². The zero-order valence-electron chi connectivity index (χ0n) is 7.85. The van der Waals surface area contributed by atoms with Crippen LogP contribution in [0.25, 0.3) is 0 Å². The Morgan fingerprint density at radius 3 is 2.55 bits per heavy atom. The highest BCUT2D eigenvalue weighted by Gasteiger charge is 2.25. The Labute approximate surface area is 69.7 Å². The maximum atomic E-state index is 6.03. The molecule has 1 aliphatic carbocycles. The fraction of sp³-hybridized carbons (Fsp3) is 0.800. The first-order chi connectivity index (χ1) is 5.00. The normalized spacial score (nSPS) is 26.5. The molecule has 1 aliphatic rings. The molecule has 64 valence electrons. The maximum absolute atomic E-state index is 6.03. The van der Waals surface area contributed by atoms with Crippen molar-refractivity contribution in [2.45, 2.75) is 45.6 Å². The van der Waals surface area contributed by atoms with Gasteiger partial charge in [-0.1, -0.05) is 11.6 Å². The molecule has 0 bridgehead atoms. The Morgan fingerprint density at radius 2 is 2.18 bits per heavy atom. The minimum absolute atomic E-state index is 0.0111. The van der Waals surface area contributed by atoms with Gasteiger partial charge in [0.2, 0.25) is 0 Å². The third kappa shape index (κ3) is 2.33. The molecule has 0 aliphatic heterocycles. The highest BCUT2D eigenvalue weighted by molar-refractivity contribution is 5.05. The lowest BCUT2D eigenvalue weighted by Gasteiger charge is -2.32. The molecule has 0 saturated carbocycles. The second kappa shape index (κ2) is 2.98. The van der Waals surface area contributed by atoms with E-state index in [9.17, 15) is 0 Å². The van der Waals surface area contributed by atoms with Gasteiger partial charge in [-0.15, -0.1) is 0 Å². The predicted molar refractivity (Wildman–Crippen MR) is 49.4 cm³/mol. The van der Waals surface area contributed by atoms with Gasteiger partial charge in [-0.05, 0) is 46.0 Å². The summed E-state index contributed by atoms with van der Waals surface area (Å²) in [5, 5.41) is 0. The van der Waals surface area contributed by atoms with Gasteiger partial charge in [0, 0.05) is 5.54 Å². The van der Waals surface area contributed by atoms with E-state index in [0.717, 1.165) is 0 Å². The lowest BCUT2D eigenvalue weighted by atomic mass is 9.78. The molecule has 0 aromatic heterocycles. The van der Waals surface area contributed by atoms with Crippen molar-refractivity contribution in [3.63, 3.8) is 0 Å². The fourth-order valence-electron chi connectivity index (χ4n) is 1.64. The van der Waals surface area contributed by atoms with Crippen molar-refractivity contribution in [3.8, 4) is 0 Å². The quantitative estimate of drug-likeness (QED) is 0.575. The molecule has 1 unspecified atom stereocenters. The first-order valence-electron chi connectivity index (χ1n) is 4.44. The van der Waals surface area contributed by atoms with Crippen molar-refractivity contribution in [2.24, 2.45) is 11.7 Å². The van der Waals surface area contributed by atoms with Crippen LogP contribution < -0.4 is 5.73 Å². The van der Waals surface area contributed by atoms with Crippen molar-refractivity contribution in [1.29, 1.82) is 0 Å². The second-order valence-corrected chi connectivity index (χ2v) is 4.34. The molecule has 0 spiro atoms. The third-order valence-corrected chi connectivity index (χ3v) is 2.69. The number of hydrogen-bond acceptors (Lipinski definition) is 1. The average Bonchev–Trinajstić information content (AvgIpc) is 1.86. The lowest BCUT2D eigenvalue weighted by Crippen LogP contribution is -2.41. The summed E-state index contributed by atoms with van der Waals surface area (Å²) in [5.74, 6) is 0.686. The van der Waals surface area contributed by atoms with Gasteiger partial charge in [0.25, 0.3) is 0 Å². The summed E-state index contributed by atoms with van der Waals surface area (Å²) in [6.45, 7) is 6.47. The average molecular weight is 153 g/mol. The van der Waals surface area contributed by atoms with Crippen molar-refractivity contribution in [1.82, 2.24) is 0 Å². The van der Waals surface area contributed by atoms with E-state index in [2.05, 4.69) is 26.8 Å². The summed E-state index contributed by atoms with van der Waals surface area (Å²) >= 11 is 0. The van der Waals surface area contributed by atoms with E-state index in [-0.39, 0.29) is 5.54 Å². The SMILES string of the molecule is CC1=CCC(C(C)(C)N)CC1. The number of hydrogen-bond donors (Lipinski definition) is 1. The molecule has 0 aromatic carbocycles. The van der Waals surface area contributed by atoms with E-state index >= 15 is 0 Å². The van der Waals surface area contributed by atoms with E-state index < -0.39 is 0 Å².